The molecule has 1 saturated heterocycles. The molecule has 1 heterocycles. The lowest BCUT2D eigenvalue weighted by molar-refractivity contribution is -0.188. The summed E-state index contributed by atoms with van der Waals surface area (Å²) in [5.74, 6) is 0.516. The first-order chi connectivity index (χ1) is 14.0. The summed E-state index contributed by atoms with van der Waals surface area (Å²) in [6, 6.07) is 15.8. The van der Waals surface area contributed by atoms with Crippen molar-refractivity contribution in [3.63, 3.8) is 0 Å². The molecule has 3 rings (SSSR count). The van der Waals surface area contributed by atoms with Crippen LogP contribution in [0.25, 0.3) is 0 Å². The molecule has 0 spiro atoms. The van der Waals surface area contributed by atoms with E-state index in [1.807, 2.05) is 30.3 Å². The van der Waals surface area contributed by atoms with Crippen molar-refractivity contribution in [2.75, 3.05) is 19.0 Å². The van der Waals surface area contributed by atoms with E-state index in [1.165, 1.54) is 7.11 Å². The molecule has 157 valence electrons. The molecule has 0 aromatic heterocycles. The molecule has 29 heavy (non-hydrogen) atoms. The number of nitrogens with one attached hydrogen (secondary N) is 1. The second kappa shape index (κ2) is 9.93. The van der Waals surface area contributed by atoms with Gasteiger partial charge in [0.15, 0.2) is 11.5 Å². The lowest BCUT2D eigenvalue weighted by atomic mass is 9.92. The second-order valence-electron chi connectivity index (χ2n) is 7.32. The lowest BCUT2D eigenvalue weighted by Gasteiger charge is -2.37. The van der Waals surface area contributed by atoms with Gasteiger partial charge in [-0.25, -0.2) is 0 Å². The number of hydrogen-bond donors (Lipinski definition) is 5. The number of ether oxygens (including phenoxy) is 2. The van der Waals surface area contributed by atoms with Crippen LogP contribution >= 0.6 is 0 Å². The highest BCUT2D eigenvalue weighted by Crippen LogP contribution is 2.28. The zero-order valence-corrected chi connectivity index (χ0v) is 16.4. The largest absolute Gasteiger partial charge is 0.504 e. The maximum Gasteiger partial charge on any atom is 0.160 e. The van der Waals surface area contributed by atoms with E-state index in [0.29, 0.717) is 25.0 Å². The molecule has 1 fully saturated rings. The highest BCUT2D eigenvalue weighted by Gasteiger charge is 2.38. The van der Waals surface area contributed by atoms with E-state index in [9.17, 15) is 20.4 Å². The standard InChI is InChI=1S/C22H28NO6/c1-28-19-11-14(8-10-17(19)24)7-9-16(23-15-5-3-2-4-6-15)12-20-22(27)21(26)18(25)13-29-20/h2-5,8,10-11,16,18,20-27H,7,9,12-13H2,1H3/t16?,18-,20?,21+,22+/m1/s1. The number of phenolic OH excluding ortho intramolecular Hbond substituents is 1. The summed E-state index contributed by atoms with van der Waals surface area (Å²) in [5, 5.41) is 43.1. The van der Waals surface area contributed by atoms with Crippen LogP contribution in [0.15, 0.2) is 42.5 Å². The Morgan fingerprint density at radius 2 is 2.03 bits per heavy atom. The fraction of sp³-hybridized carbons (Fsp3) is 0.455. The quantitative estimate of drug-likeness (QED) is 0.455. The van der Waals surface area contributed by atoms with Crippen LogP contribution in [-0.2, 0) is 11.2 Å². The average Bonchev–Trinajstić information content (AvgIpc) is 2.74. The van der Waals surface area contributed by atoms with Crippen molar-refractivity contribution in [2.24, 2.45) is 0 Å². The Morgan fingerprint density at radius 3 is 2.76 bits per heavy atom. The first-order valence-electron chi connectivity index (χ1n) is 9.73. The van der Waals surface area contributed by atoms with Gasteiger partial charge in [-0.3, -0.25) is 0 Å². The summed E-state index contributed by atoms with van der Waals surface area (Å²) in [6.45, 7) is -0.0117. The van der Waals surface area contributed by atoms with E-state index < -0.39 is 24.4 Å². The molecular formula is C22H28NO6. The molecule has 5 N–H and O–H groups in total. The third kappa shape index (κ3) is 5.61. The highest BCUT2D eigenvalue weighted by molar-refractivity contribution is 5.43. The van der Waals surface area contributed by atoms with Crippen LogP contribution in [0.2, 0.25) is 0 Å². The molecule has 2 aromatic rings. The first-order valence-corrected chi connectivity index (χ1v) is 9.73. The highest BCUT2D eigenvalue weighted by atomic mass is 16.5. The van der Waals surface area contributed by atoms with E-state index in [2.05, 4.69) is 11.4 Å². The Hall–Kier alpha value is -2.32. The van der Waals surface area contributed by atoms with E-state index in [-0.39, 0.29) is 18.4 Å². The fourth-order valence-electron chi connectivity index (χ4n) is 3.53. The van der Waals surface area contributed by atoms with Gasteiger partial charge in [-0.1, -0.05) is 24.3 Å². The number of benzene rings is 2. The fourth-order valence-corrected chi connectivity index (χ4v) is 3.53. The maximum atomic E-state index is 10.3. The smallest absolute Gasteiger partial charge is 0.160 e. The molecule has 7 nitrogen and oxygen atoms in total. The van der Waals surface area contributed by atoms with Crippen LogP contribution in [-0.4, -0.2) is 64.6 Å². The third-order valence-corrected chi connectivity index (χ3v) is 5.22. The SMILES string of the molecule is COc1cc(CCC(CC2OC[C@@H](O)[C@H](O)[C@H]2O)Nc2[c]cccc2)ccc1O. The number of aliphatic hydroxyl groups excluding tert-OH is 3. The molecule has 0 bridgehead atoms. The monoisotopic (exact) mass is 402 g/mol. The predicted molar refractivity (Wildman–Crippen MR) is 108 cm³/mol. The number of phenols is 1. The van der Waals surface area contributed by atoms with Crippen LogP contribution in [0.4, 0.5) is 5.69 Å². The number of methoxy groups -OCH3 is 1. The number of anilines is 1. The predicted octanol–water partition coefficient (Wildman–Crippen LogP) is 1.49. The second-order valence-corrected chi connectivity index (χ2v) is 7.32. The Bertz CT molecular complexity index is 771. The Morgan fingerprint density at radius 1 is 1.21 bits per heavy atom. The topological polar surface area (TPSA) is 111 Å². The van der Waals surface area contributed by atoms with E-state index >= 15 is 0 Å². The van der Waals surface area contributed by atoms with Crippen molar-refractivity contribution in [1.82, 2.24) is 0 Å². The van der Waals surface area contributed by atoms with Gasteiger partial charge < -0.3 is 35.2 Å². The lowest BCUT2D eigenvalue weighted by Crippen LogP contribution is -2.54. The minimum absolute atomic E-state index is 0.0117. The molecule has 1 aliphatic heterocycles. The Labute approximate surface area is 170 Å². The van der Waals surface area contributed by atoms with Gasteiger partial charge in [0, 0.05) is 17.8 Å². The molecule has 7 heteroatoms. The van der Waals surface area contributed by atoms with Gasteiger partial charge in [-0.05, 0) is 43.0 Å². The summed E-state index contributed by atoms with van der Waals surface area (Å²) in [5.41, 5.74) is 1.83. The summed E-state index contributed by atoms with van der Waals surface area (Å²) in [7, 11) is 1.51. The van der Waals surface area contributed by atoms with Gasteiger partial charge in [0.25, 0.3) is 0 Å². The van der Waals surface area contributed by atoms with Crippen molar-refractivity contribution >= 4 is 5.69 Å². The third-order valence-electron chi connectivity index (χ3n) is 5.22. The van der Waals surface area contributed by atoms with E-state index in [4.69, 9.17) is 9.47 Å². The van der Waals surface area contributed by atoms with Crippen molar-refractivity contribution in [3.05, 3.63) is 54.1 Å². The van der Waals surface area contributed by atoms with Crippen LogP contribution in [0.3, 0.4) is 0 Å². The number of hydrogen-bond acceptors (Lipinski definition) is 7. The molecule has 1 radical (unpaired) electrons. The molecule has 1 aliphatic rings. The molecular weight excluding hydrogens is 374 g/mol. The molecule has 2 aromatic carbocycles. The van der Waals surface area contributed by atoms with Crippen LogP contribution in [0.1, 0.15) is 18.4 Å². The summed E-state index contributed by atoms with van der Waals surface area (Å²) in [6.07, 6.45) is -2.20. The van der Waals surface area contributed by atoms with Gasteiger partial charge in [0.1, 0.15) is 18.3 Å². The van der Waals surface area contributed by atoms with Crippen molar-refractivity contribution < 1.29 is 29.9 Å². The Balaban J connectivity index is 1.69. The number of aryl methyl sites for hydroxylation is 1. The molecule has 0 amide bonds. The zero-order chi connectivity index (χ0) is 20.8. The molecule has 5 atom stereocenters. The van der Waals surface area contributed by atoms with Crippen molar-refractivity contribution in [1.29, 1.82) is 0 Å². The first kappa shape index (κ1) is 21.4. The summed E-state index contributed by atoms with van der Waals surface area (Å²) >= 11 is 0. The van der Waals surface area contributed by atoms with E-state index in [0.717, 1.165) is 11.3 Å². The number of para-hydroxylation sites is 1. The number of aromatic hydroxyl groups is 1. The maximum absolute atomic E-state index is 10.3. The van der Waals surface area contributed by atoms with Crippen LogP contribution < -0.4 is 10.1 Å². The number of aliphatic hydroxyl groups is 3. The van der Waals surface area contributed by atoms with Gasteiger partial charge in [0.2, 0.25) is 0 Å². The normalized spacial score (nSPS) is 25.4. The molecule has 2 unspecified atom stereocenters. The van der Waals surface area contributed by atoms with Crippen molar-refractivity contribution in [2.45, 2.75) is 49.7 Å². The number of rotatable bonds is 8. The van der Waals surface area contributed by atoms with Gasteiger partial charge >= 0.3 is 0 Å². The van der Waals surface area contributed by atoms with Crippen molar-refractivity contribution in [3.8, 4) is 11.5 Å². The summed E-state index contributed by atoms with van der Waals surface area (Å²) in [4.78, 5) is 0. The minimum atomic E-state index is -1.22. The Kier molecular flexibility index (Phi) is 7.33. The van der Waals surface area contributed by atoms with E-state index in [1.54, 1.807) is 12.1 Å². The van der Waals surface area contributed by atoms with Crippen LogP contribution in [0.5, 0.6) is 11.5 Å². The van der Waals surface area contributed by atoms with Gasteiger partial charge in [-0.2, -0.15) is 0 Å². The summed E-state index contributed by atoms with van der Waals surface area (Å²) < 4.78 is 10.8. The van der Waals surface area contributed by atoms with Gasteiger partial charge in [0.05, 0.1) is 19.8 Å². The van der Waals surface area contributed by atoms with Gasteiger partial charge in [-0.15, -0.1) is 0 Å². The molecule has 0 aliphatic carbocycles. The van der Waals surface area contributed by atoms with Crippen LogP contribution in [0, 0.1) is 6.07 Å². The molecule has 0 saturated carbocycles. The zero-order valence-electron chi connectivity index (χ0n) is 16.4. The average molecular weight is 402 g/mol. The minimum Gasteiger partial charge on any atom is -0.504 e.